The Morgan fingerprint density at radius 1 is 1.26 bits per heavy atom. The first-order valence-electron chi connectivity index (χ1n) is 6.54. The van der Waals surface area contributed by atoms with Gasteiger partial charge in [0, 0.05) is 19.1 Å². The molecule has 1 fully saturated rings. The highest BCUT2D eigenvalue weighted by Crippen LogP contribution is 2.31. The summed E-state index contributed by atoms with van der Waals surface area (Å²) in [5.74, 6) is -0.141. The number of anilines is 2. The topological polar surface area (TPSA) is 58.6 Å². The summed E-state index contributed by atoms with van der Waals surface area (Å²) in [5, 5.41) is 2.79. The van der Waals surface area contributed by atoms with Crippen molar-refractivity contribution in [1.29, 1.82) is 0 Å². The number of nitrogens with zero attached hydrogens (tertiary/aromatic N) is 1. The number of carbonyl (C=O) groups excluding carboxylic acids is 2. The van der Waals surface area contributed by atoms with E-state index in [2.05, 4.69) is 5.32 Å². The fourth-order valence-electron chi connectivity index (χ4n) is 2.59. The number of para-hydroxylation sites is 2. The molecule has 2 amide bonds. The lowest BCUT2D eigenvalue weighted by molar-refractivity contribution is -0.127. The van der Waals surface area contributed by atoms with Crippen molar-refractivity contribution in [3.8, 4) is 0 Å². The number of hydrogen-bond donors (Lipinski definition) is 1. The minimum atomic E-state index is -0.140. The summed E-state index contributed by atoms with van der Waals surface area (Å²) in [6.45, 7) is 1.35. The Morgan fingerprint density at radius 3 is 2.79 bits per heavy atom. The Hall–Kier alpha value is -1.88. The number of nitrogens with one attached hydrogen (secondary N) is 1. The van der Waals surface area contributed by atoms with Crippen molar-refractivity contribution in [2.45, 2.75) is 12.8 Å². The zero-order chi connectivity index (χ0) is 13.2. The van der Waals surface area contributed by atoms with Crippen LogP contribution in [-0.2, 0) is 14.3 Å². The van der Waals surface area contributed by atoms with Crippen LogP contribution in [-0.4, -0.2) is 31.6 Å². The molecule has 0 bridgehead atoms. The van der Waals surface area contributed by atoms with E-state index in [0.29, 0.717) is 18.9 Å². The Morgan fingerprint density at radius 2 is 2.00 bits per heavy atom. The van der Waals surface area contributed by atoms with E-state index in [0.717, 1.165) is 18.5 Å². The van der Waals surface area contributed by atoms with Gasteiger partial charge < -0.3 is 15.0 Å². The van der Waals surface area contributed by atoms with Crippen molar-refractivity contribution < 1.29 is 14.3 Å². The van der Waals surface area contributed by atoms with Crippen molar-refractivity contribution in [3.63, 3.8) is 0 Å². The summed E-state index contributed by atoms with van der Waals surface area (Å²) in [4.78, 5) is 25.8. The van der Waals surface area contributed by atoms with Gasteiger partial charge in [0.05, 0.1) is 11.4 Å². The maximum Gasteiger partial charge on any atom is 0.244 e. The van der Waals surface area contributed by atoms with E-state index in [1.807, 2.05) is 24.3 Å². The predicted molar refractivity (Wildman–Crippen MR) is 71.0 cm³/mol. The number of amides is 2. The number of carbonyl (C=O) groups is 2. The number of ether oxygens (including phenoxy) is 1. The molecule has 2 aliphatic heterocycles. The first-order valence-corrected chi connectivity index (χ1v) is 6.54. The molecule has 2 heterocycles. The third kappa shape index (κ3) is 2.33. The van der Waals surface area contributed by atoms with E-state index >= 15 is 0 Å². The molecule has 1 aromatic rings. The maximum atomic E-state index is 12.6. The summed E-state index contributed by atoms with van der Waals surface area (Å²) in [5.41, 5.74) is 1.50. The van der Waals surface area contributed by atoms with Gasteiger partial charge in [0.25, 0.3) is 0 Å². The lowest BCUT2D eigenvalue weighted by Gasteiger charge is -2.33. The smallest absolute Gasteiger partial charge is 0.244 e. The van der Waals surface area contributed by atoms with Crippen LogP contribution >= 0.6 is 0 Å². The molecule has 2 aliphatic rings. The summed E-state index contributed by atoms with van der Waals surface area (Å²) < 4.78 is 5.28. The summed E-state index contributed by atoms with van der Waals surface area (Å²) >= 11 is 0. The van der Waals surface area contributed by atoms with E-state index in [4.69, 9.17) is 4.74 Å². The molecule has 3 rings (SSSR count). The van der Waals surface area contributed by atoms with Crippen LogP contribution in [0.15, 0.2) is 24.3 Å². The van der Waals surface area contributed by atoms with E-state index in [1.54, 1.807) is 4.90 Å². The molecule has 1 saturated heterocycles. The second-order valence-corrected chi connectivity index (χ2v) is 4.88. The van der Waals surface area contributed by atoms with Gasteiger partial charge in [-0.1, -0.05) is 12.1 Å². The van der Waals surface area contributed by atoms with Crippen LogP contribution in [0.4, 0.5) is 11.4 Å². The minimum Gasteiger partial charge on any atom is -0.381 e. The Kier molecular flexibility index (Phi) is 3.21. The standard InChI is InChI=1S/C14H16N2O3/c17-13-9-16(12-4-2-1-3-11(12)15-13)14(18)10-5-7-19-8-6-10/h1-4,10H,5-9H2,(H,15,17). The maximum absolute atomic E-state index is 12.6. The first kappa shape index (κ1) is 12.2. The molecule has 5 nitrogen and oxygen atoms in total. The second-order valence-electron chi connectivity index (χ2n) is 4.88. The van der Waals surface area contributed by atoms with Crippen LogP contribution in [0, 0.1) is 5.92 Å². The molecular weight excluding hydrogens is 244 g/mol. The van der Waals surface area contributed by atoms with Gasteiger partial charge in [-0.2, -0.15) is 0 Å². The highest BCUT2D eigenvalue weighted by atomic mass is 16.5. The largest absolute Gasteiger partial charge is 0.381 e. The molecule has 0 aliphatic carbocycles. The van der Waals surface area contributed by atoms with Crippen molar-refractivity contribution in [1.82, 2.24) is 0 Å². The molecule has 0 atom stereocenters. The highest BCUT2D eigenvalue weighted by Gasteiger charge is 2.32. The van der Waals surface area contributed by atoms with Crippen LogP contribution < -0.4 is 10.2 Å². The Bertz CT molecular complexity index is 509. The number of benzene rings is 1. The molecule has 100 valence electrons. The lowest BCUT2D eigenvalue weighted by Crippen LogP contribution is -2.45. The van der Waals surface area contributed by atoms with Crippen molar-refractivity contribution in [3.05, 3.63) is 24.3 Å². The fraction of sp³-hybridized carbons (Fsp3) is 0.429. The van der Waals surface area contributed by atoms with Crippen LogP contribution in [0.5, 0.6) is 0 Å². The molecule has 0 radical (unpaired) electrons. The average molecular weight is 260 g/mol. The van der Waals surface area contributed by atoms with Crippen LogP contribution in [0.2, 0.25) is 0 Å². The van der Waals surface area contributed by atoms with Gasteiger partial charge >= 0.3 is 0 Å². The van der Waals surface area contributed by atoms with Crippen molar-refractivity contribution in [2.24, 2.45) is 5.92 Å². The van der Waals surface area contributed by atoms with Gasteiger partial charge in [0.2, 0.25) is 11.8 Å². The number of hydrogen-bond acceptors (Lipinski definition) is 3. The number of rotatable bonds is 1. The molecule has 0 spiro atoms. The van der Waals surface area contributed by atoms with Crippen LogP contribution in [0.25, 0.3) is 0 Å². The molecular formula is C14H16N2O3. The predicted octanol–water partition coefficient (Wildman–Crippen LogP) is 1.40. The molecule has 0 aromatic heterocycles. The van der Waals surface area contributed by atoms with Gasteiger partial charge in [-0.3, -0.25) is 9.59 Å². The molecule has 1 aromatic carbocycles. The molecule has 0 unspecified atom stereocenters. The lowest BCUT2D eigenvalue weighted by atomic mass is 9.97. The first-order chi connectivity index (χ1) is 9.25. The summed E-state index contributed by atoms with van der Waals surface area (Å²) in [6.07, 6.45) is 1.47. The van der Waals surface area contributed by atoms with Crippen molar-refractivity contribution >= 4 is 23.2 Å². The summed E-state index contributed by atoms with van der Waals surface area (Å²) in [7, 11) is 0. The Labute approximate surface area is 111 Å². The normalized spacial score (nSPS) is 19.8. The third-order valence-corrected chi connectivity index (χ3v) is 3.61. The fourth-order valence-corrected chi connectivity index (χ4v) is 2.59. The third-order valence-electron chi connectivity index (χ3n) is 3.61. The van der Waals surface area contributed by atoms with Gasteiger partial charge in [-0.15, -0.1) is 0 Å². The van der Waals surface area contributed by atoms with Crippen LogP contribution in [0.3, 0.4) is 0 Å². The summed E-state index contributed by atoms with van der Waals surface area (Å²) in [6, 6.07) is 7.41. The highest BCUT2D eigenvalue weighted by molar-refractivity contribution is 6.10. The van der Waals surface area contributed by atoms with Gasteiger partial charge in [0.15, 0.2) is 0 Å². The van der Waals surface area contributed by atoms with Crippen LogP contribution in [0.1, 0.15) is 12.8 Å². The van der Waals surface area contributed by atoms with E-state index in [1.165, 1.54) is 0 Å². The van der Waals surface area contributed by atoms with E-state index < -0.39 is 0 Å². The molecule has 0 saturated carbocycles. The zero-order valence-electron chi connectivity index (χ0n) is 10.6. The molecule has 1 N–H and O–H groups in total. The van der Waals surface area contributed by atoms with E-state index in [-0.39, 0.29) is 24.3 Å². The van der Waals surface area contributed by atoms with E-state index in [9.17, 15) is 9.59 Å². The van der Waals surface area contributed by atoms with Gasteiger partial charge in [-0.05, 0) is 25.0 Å². The molecule has 5 heteroatoms. The number of fused-ring (bicyclic) bond motifs is 1. The SMILES string of the molecule is O=C1CN(C(=O)C2CCOCC2)c2ccccc2N1. The van der Waals surface area contributed by atoms with Crippen molar-refractivity contribution in [2.75, 3.05) is 30.0 Å². The Balaban J connectivity index is 1.87. The molecule has 19 heavy (non-hydrogen) atoms. The van der Waals surface area contributed by atoms with Gasteiger partial charge in [0.1, 0.15) is 6.54 Å². The second kappa shape index (κ2) is 5.01. The van der Waals surface area contributed by atoms with Gasteiger partial charge in [-0.25, -0.2) is 0 Å². The zero-order valence-corrected chi connectivity index (χ0v) is 10.6. The quantitative estimate of drug-likeness (QED) is 0.830. The minimum absolute atomic E-state index is 0.0330. The monoisotopic (exact) mass is 260 g/mol. The average Bonchev–Trinajstić information content (AvgIpc) is 2.46.